The van der Waals surface area contributed by atoms with Crippen molar-refractivity contribution in [1.82, 2.24) is 0 Å². The van der Waals surface area contributed by atoms with E-state index in [9.17, 15) is 0 Å². The van der Waals surface area contributed by atoms with E-state index in [1.807, 2.05) is 0 Å². The van der Waals surface area contributed by atoms with Crippen LogP contribution in [0.25, 0.3) is 0 Å². The standard InChI is InChI=1S/C10H2S2/c11-9-7-5-3-1-2-4-6-8-10-12/h7-8H. The van der Waals surface area contributed by atoms with Gasteiger partial charge in [-0.3, -0.25) is 0 Å². The summed E-state index contributed by atoms with van der Waals surface area (Å²) in [5, 5.41) is 4.66. The van der Waals surface area contributed by atoms with E-state index in [2.05, 4.69) is 70.0 Å². The minimum atomic E-state index is 1.41. The second-order valence-corrected chi connectivity index (χ2v) is 1.78. The molecule has 0 amide bonds. The summed E-state index contributed by atoms with van der Waals surface area (Å²) >= 11 is 8.76. The lowest BCUT2D eigenvalue weighted by Gasteiger charge is -1.55. The van der Waals surface area contributed by atoms with Crippen LogP contribution >= 0.6 is 24.4 Å². The number of thiocarbonyl (C=S) groups is 2. The molecular weight excluding hydrogens is 184 g/mol. The molecule has 0 atom stereocenters. The van der Waals surface area contributed by atoms with Crippen molar-refractivity contribution in [2.45, 2.75) is 0 Å². The van der Waals surface area contributed by atoms with E-state index in [4.69, 9.17) is 0 Å². The van der Waals surface area contributed by atoms with E-state index in [0.29, 0.717) is 0 Å². The SMILES string of the molecule is S=C=CC#CC#CC#CC=C=S. The molecule has 2 heteroatoms. The van der Waals surface area contributed by atoms with Gasteiger partial charge in [-0.15, -0.1) is 0 Å². The van der Waals surface area contributed by atoms with Gasteiger partial charge in [0.15, 0.2) is 0 Å². The van der Waals surface area contributed by atoms with E-state index in [1.165, 1.54) is 12.2 Å². The molecule has 0 rings (SSSR count). The Labute approximate surface area is 82.4 Å². The first kappa shape index (κ1) is 10.4. The third kappa shape index (κ3) is 8.42. The van der Waals surface area contributed by atoms with Gasteiger partial charge in [0, 0.05) is 12.2 Å². The molecule has 0 saturated heterocycles. The average Bonchev–Trinajstić information content (AvgIpc) is 2.10. The Morgan fingerprint density at radius 3 is 1.42 bits per heavy atom. The summed E-state index contributed by atoms with van der Waals surface area (Å²) in [6.45, 7) is 0. The van der Waals surface area contributed by atoms with Crippen LogP contribution in [0.4, 0.5) is 0 Å². The Morgan fingerprint density at radius 2 is 1.08 bits per heavy atom. The Balaban J connectivity index is 4.12. The van der Waals surface area contributed by atoms with Crippen molar-refractivity contribution in [1.29, 1.82) is 0 Å². The second kappa shape index (κ2) is 9.42. The molecule has 0 aliphatic carbocycles. The molecule has 0 aromatic heterocycles. The Morgan fingerprint density at radius 1 is 0.667 bits per heavy atom. The zero-order chi connectivity index (χ0) is 9.07. The molecule has 0 radical (unpaired) electrons. The van der Waals surface area contributed by atoms with Gasteiger partial charge in [-0.2, -0.15) is 0 Å². The summed E-state index contributed by atoms with van der Waals surface area (Å²) < 4.78 is 0. The third-order valence-corrected chi connectivity index (χ3v) is 0.830. The lowest BCUT2D eigenvalue weighted by atomic mass is 10.5. The highest BCUT2D eigenvalue weighted by Gasteiger charge is 1.54. The summed E-state index contributed by atoms with van der Waals surface area (Å²) in [6.07, 6.45) is 2.82. The largest absolute Gasteiger partial charge is 0.0514 e. The summed E-state index contributed by atoms with van der Waals surface area (Å²) in [5.41, 5.74) is 0. The van der Waals surface area contributed by atoms with Crippen LogP contribution in [0.5, 0.6) is 0 Å². The van der Waals surface area contributed by atoms with Crippen LogP contribution in [-0.4, -0.2) is 10.0 Å². The molecule has 0 aliphatic heterocycles. The highest BCUT2D eigenvalue weighted by molar-refractivity contribution is 7.78. The molecule has 12 heavy (non-hydrogen) atoms. The summed E-state index contributed by atoms with van der Waals surface area (Å²) in [4.78, 5) is 0. The van der Waals surface area contributed by atoms with Crippen LogP contribution in [0.1, 0.15) is 0 Å². The van der Waals surface area contributed by atoms with Gasteiger partial charge >= 0.3 is 0 Å². The first-order valence-corrected chi connectivity index (χ1v) is 3.63. The van der Waals surface area contributed by atoms with E-state index in [0.717, 1.165) is 0 Å². The van der Waals surface area contributed by atoms with Crippen molar-refractivity contribution < 1.29 is 0 Å². The summed E-state index contributed by atoms with van der Waals surface area (Å²) in [7, 11) is 0. The fourth-order valence-corrected chi connectivity index (χ4v) is 0.384. The second-order valence-electron chi connectivity index (χ2n) is 1.31. The zero-order valence-electron chi connectivity index (χ0n) is 5.97. The monoisotopic (exact) mass is 186 g/mol. The molecule has 0 aromatic carbocycles. The normalized spacial score (nSPS) is 4.33. The molecule has 0 nitrogen and oxygen atoms in total. The van der Waals surface area contributed by atoms with Gasteiger partial charge in [-0.05, 0) is 58.2 Å². The van der Waals surface area contributed by atoms with Crippen molar-refractivity contribution in [3.63, 3.8) is 0 Å². The van der Waals surface area contributed by atoms with Crippen molar-refractivity contribution in [2.24, 2.45) is 0 Å². The molecule has 0 spiro atoms. The molecule has 0 saturated carbocycles. The Bertz CT molecular complexity index is 372. The first-order valence-electron chi connectivity index (χ1n) is 2.81. The third-order valence-electron chi connectivity index (χ3n) is 0.594. The molecule has 0 fully saturated rings. The summed E-state index contributed by atoms with van der Waals surface area (Å²) in [5.74, 6) is 15.1. The lowest BCUT2D eigenvalue weighted by Crippen LogP contribution is -1.53. The number of hydrogen-bond acceptors (Lipinski definition) is 2. The van der Waals surface area contributed by atoms with Gasteiger partial charge in [0.2, 0.25) is 0 Å². The smallest absolute Gasteiger partial charge is 0.0428 e. The maximum absolute atomic E-state index is 4.38. The predicted octanol–water partition coefficient (Wildman–Crippen LogP) is 1.31. The molecule has 54 valence electrons. The van der Waals surface area contributed by atoms with Gasteiger partial charge in [0.05, 0.1) is 0 Å². The average molecular weight is 186 g/mol. The van der Waals surface area contributed by atoms with Crippen molar-refractivity contribution in [3.8, 4) is 35.5 Å². The van der Waals surface area contributed by atoms with Crippen LogP contribution in [0, 0.1) is 35.5 Å². The fourth-order valence-electron chi connectivity index (χ4n) is 0.266. The predicted molar refractivity (Wildman–Crippen MR) is 57.7 cm³/mol. The molecule has 0 aromatic rings. The maximum Gasteiger partial charge on any atom is 0.0428 e. The van der Waals surface area contributed by atoms with E-state index < -0.39 is 0 Å². The first-order chi connectivity index (χ1) is 5.91. The Kier molecular flexibility index (Phi) is 8.18. The topological polar surface area (TPSA) is 0 Å². The van der Waals surface area contributed by atoms with Crippen molar-refractivity contribution in [2.75, 3.05) is 0 Å². The van der Waals surface area contributed by atoms with E-state index in [1.54, 1.807) is 0 Å². The van der Waals surface area contributed by atoms with Crippen LogP contribution in [-0.2, 0) is 0 Å². The van der Waals surface area contributed by atoms with Gasteiger partial charge in [0.1, 0.15) is 0 Å². The number of allylic oxidation sites excluding steroid dienone is 2. The molecule has 0 N–H and O–H groups in total. The minimum Gasteiger partial charge on any atom is -0.0514 e. The Hall–Kier alpha value is -1.58. The number of hydrogen-bond donors (Lipinski definition) is 0. The fraction of sp³-hybridized carbons (Fsp3) is 0. The van der Waals surface area contributed by atoms with E-state index in [-0.39, 0.29) is 0 Å². The van der Waals surface area contributed by atoms with Gasteiger partial charge in [-0.1, -0.05) is 11.8 Å². The van der Waals surface area contributed by atoms with Gasteiger partial charge in [-0.25, -0.2) is 0 Å². The van der Waals surface area contributed by atoms with Crippen LogP contribution in [0.15, 0.2) is 12.2 Å². The molecular formula is C10H2S2. The zero-order valence-corrected chi connectivity index (χ0v) is 7.60. The molecule has 0 bridgehead atoms. The quantitative estimate of drug-likeness (QED) is 0.413. The number of rotatable bonds is 0. The van der Waals surface area contributed by atoms with Crippen LogP contribution < -0.4 is 0 Å². The van der Waals surface area contributed by atoms with Crippen molar-refractivity contribution in [3.05, 3.63) is 12.2 Å². The highest BCUT2D eigenvalue weighted by Crippen LogP contribution is 1.58. The van der Waals surface area contributed by atoms with Crippen molar-refractivity contribution >= 4 is 34.5 Å². The van der Waals surface area contributed by atoms with Gasteiger partial charge < -0.3 is 0 Å². The minimum absolute atomic E-state index is 1.41. The summed E-state index contributed by atoms with van der Waals surface area (Å²) in [6, 6.07) is 0. The molecule has 0 heterocycles. The molecule has 0 unspecified atom stereocenters. The van der Waals surface area contributed by atoms with Gasteiger partial charge in [0.25, 0.3) is 0 Å². The van der Waals surface area contributed by atoms with Crippen LogP contribution in [0.3, 0.4) is 0 Å². The highest BCUT2D eigenvalue weighted by atomic mass is 32.1. The maximum atomic E-state index is 4.38. The molecule has 0 aliphatic rings. The van der Waals surface area contributed by atoms with Crippen LogP contribution in [0.2, 0.25) is 0 Å². The van der Waals surface area contributed by atoms with E-state index >= 15 is 0 Å². The lowest BCUT2D eigenvalue weighted by molar-refractivity contribution is 2.31.